The number of rotatable bonds is 5. The molecule has 1 N–H and O–H groups in total. The van der Waals surface area contributed by atoms with E-state index < -0.39 is 19.1 Å². The number of nitrogens with zero attached hydrogens (tertiary/aromatic N) is 2. The summed E-state index contributed by atoms with van der Waals surface area (Å²) in [6.45, 7) is 1.92. The van der Waals surface area contributed by atoms with E-state index in [1.165, 1.54) is 13.0 Å². The highest BCUT2D eigenvalue weighted by Crippen LogP contribution is 2.27. The topological polar surface area (TPSA) is 53.9 Å². The molecule has 1 aliphatic rings. The minimum Gasteiger partial charge on any atom is -0.484 e. The zero-order valence-electron chi connectivity index (χ0n) is 13.2. The molecule has 1 aromatic carbocycles. The van der Waals surface area contributed by atoms with Gasteiger partial charge in [-0.25, -0.2) is 4.99 Å². The first-order valence-corrected chi connectivity index (χ1v) is 7.30. The van der Waals surface area contributed by atoms with Gasteiger partial charge in [-0.3, -0.25) is 4.79 Å². The zero-order valence-corrected chi connectivity index (χ0v) is 13.2. The number of hydrogen-bond acceptors (Lipinski definition) is 4. The molecule has 0 aromatic heterocycles. The molecular formula is C16H18F3N3O2. The molecule has 1 aliphatic heterocycles. The van der Waals surface area contributed by atoms with Crippen LogP contribution >= 0.6 is 0 Å². The average Bonchev–Trinajstić information content (AvgIpc) is 2.52. The Morgan fingerprint density at radius 3 is 2.88 bits per heavy atom. The van der Waals surface area contributed by atoms with Crippen LogP contribution in [0.25, 0.3) is 0 Å². The van der Waals surface area contributed by atoms with Gasteiger partial charge in [-0.2, -0.15) is 13.2 Å². The molecule has 0 radical (unpaired) electrons. The summed E-state index contributed by atoms with van der Waals surface area (Å²) in [7, 11) is 0. The second kappa shape index (κ2) is 7.37. The van der Waals surface area contributed by atoms with Crippen molar-refractivity contribution in [2.75, 3.05) is 6.61 Å². The maximum absolute atomic E-state index is 12.3. The van der Waals surface area contributed by atoms with Crippen LogP contribution in [0.3, 0.4) is 0 Å². The van der Waals surface area contributed by atoms with Gasteiger partial charge in [0.15, 0.2) is 12.9 Å². The lowest BCUT2D eigenvalue weighted by atomic mass is 10.1. The number of amides is 1. The van der Waals surface area contributed by atoms with Crippen molar-refractivity contribution in [1.82, 2.24) is 10.2 Å². The molecular weight excluding hydrogens is 323 g/mol. The molecule has 0 spiro atoms. The van der Waals surface area contributed by atoms with E-state index in [9.17, 15) is 18.0 Å². The summed E-state index contributed by atoms with van der Waals surface area (Å²) in [5.41, 5.74) is 0.742. The van der Waals surface area contributed by atoms with Crippen molar-refractivity contribution in [3.05, 3.63) is 42.1 Å². The number of hydrogen-bond donors (Lipinski definition) is 1. The molecule has 1 heterocycles. The van der Waals surface area contributed by atoms with E-state index in [4.69, 9.17) is 4.74 Å². The highest BCUT2D eigenvalue weighted by Gasteiger charge is 2.28. The SMILES string of the molecule is CC(=O)NC1N=CC=CN1C(C)c1cccc(OCC(F)(F)F)c1. The fraction of sp³-hybridized carbons (Fsp3) is 0.375. The fourth-order valence-corrected chi connectivity index (χ4v) is 2.26. The first-order chi connectivity index (χ1) is 11.3. The second-order valence-electron chi connectivity index (χ2n) is 5.31. The normalized spacial score (nSPS) is 18.4. The molecule has 24 heavy (non-hydrogen) atoms. The molecule has 2 unspecified atom stereocenters. The van der Waals surface area contributed by atoms with Crippen molar-refractivity contribution >= 4 is 12.1 Å². The highest BCUT2D eigenvalue weighted by atomic mass is 19.4. The predicted octanol–water partition coefficient (Wildman–Crippen LogP) is 3.01. The van der Waals surface area contributed by atoms with Crippen LogP contribution < -0.4 is 10.1 Å². The number of nitrogens with one attached hydrogen (secondary N) is 1. The van der Waals surface area contributed by atoms with Gasteiger partial charge in [0.25, 0.3) is 0 Å². The molecule has 1 aromatic rings. The maximum Gasteiger partial charge on any atom is 0.422 e. The van der Waals surface area contributed by atoms with Gasteiger partial charge in [-0.15, -0.1) is 0 Å². The van der Waals surface area contributed by atoms with Crippen LogP contribution in [0.4, 0.5) is 13.2 Å². The lowest BCUT2D eigenvalue weighted by Crippen LogP contribution is -2.45. The van der Waals surface area contributed by atoms with Gasteiger partial charge >= 0.3 is 6.18 Å². The Kier molecular flexibility index (Phi) is 5.48. The molecule has 1 amide bonds. The summed E-state index contributed by atoms with van der Waals surface area (Å²) in [4.78, 5) is 17.3. The molecule has 2 atom stereocenters. The first-order valence-electron chi connectivity index (χ1n) is 7.30. The van der Waals surface area contributed by atoms with Crippen molar-refractivity contribution < 1.29 is 22.7 Å². The number of halogens is 3. The average molecular weight is 341 g/mol. The third-order valence-corrected chi connectivity index (χ3v) is 3.38. The molecule has 2 rings (SSSR count). The van der Waals surface area contributed by atoms with Crippen LogP contribution in [0, 0.1) is 0 Å². The van der Waals surface area contributed by atoms with Gasteiger partial charge in [0, 0.05) is 19.3 Å². The summed E-state index contributed by atoms with van der Waals surface area (Å²) >= 11 is 0. The maximum atomic E-state index is 12.3. The van der Waals surface area contributed by atoms with E-state index in [2.05, 4.69) is 10.3 Å². The lowest BCUT2D eigenvalue weighted by molar-refractivity contribution is -0.153. The van der Waals surface area contributed by atoms with Crippen LogP contribution in [0.5, 0.6) is 5.75 Å². The number of carbonyl (C=O) groups excluding carboxylic acids is 1. The molecule has 8 heteroatoms. The summed E-state index contributed by atoms with van der Waals surface area (Å²) in [5.74, 6) is -0.0934. The Hall–Kier alpha value is -2.51. The van der Waals surface area contributed by atoms with Crippen LogP contribution in [0.15, 0.2) is 41.5 Å². The van der Waals surface area contributed by atoms with Crippen LogP contribution in [-0.2, 0) is 4.79 Å². The van der Waals surface area contributed by atoms with Crippen LogP contribution in [-0.4, -0.2) is 36.1 Å². The minimum atomic E-state index is -4.39. The van der Waals surface area contributed by atoms with Crippen LogP contribution in [0.1, 0.15) is 25.5 Å². The summed E-state index contributed by atoms with van der Waals surface area (Å²) in [5, 5.41) is 2.70. The van der Waals surface area contributed by atoms with Crippen molar-refractivity contribution in [1.29, 1.82) is 0 Å². The fourth-order valence-electron chi connectivity index (χ4n) is 2.26. The monoisotopic (exact) mass is 341 g/mol. The number of alkyl halides is 3. The quantitative estimate of drug-likeness (QED) is 0.896. The smallest absolute Gasteiger partial charge is 0.422 e. The van der Waals surface area contributed by atoms with Crippen molar-refractivity contribution in [2.45, 2.75) is 32.4 Å². The van der Waals surface area contributed by atoms with Gasteiger partial charge in [0.05, 0.1) is 6.04 Å². The standard InChI is InChI=1S/C16H18F3N3O2/c1-11(22-8-4-7-20-15(22)21-12(2)23)13-5-3-6-14(9-13)24-10-16(17,18)19/h3-9,11,15H,10H2,1-2H3,(H,21,23). The molecule has 5 nitrogen and oxygen atoms in total. The number of benzene rings is 1. The second-order valence-corrected chi connectivity index (χ2v) is 5.31. The Bertz CT molecular complexity index is 644. The Labute approximate surface area is 137 Å². The number of aliphatic imine (C=N–C) groups is 1. The molecule has 0 saturated carbocycles. The molecule has 0 bridgehead atoms. The predicted molar refractivity (Wildman–Crippen MR) is 83.5 cm³/mol. The van der Waals surface area contributed by atoms with E-state index in [0.29, 0.717) is 0 Å². The van der Waals surface area contributed by atoms with Gasteiger partial charge in [-0.05, 0) is 30.7 Å². The number of carbonyl (C=O) groups is 1. The van der Waals surface area contributed by atoms with Crippen LogP contribution in [0.2, 0.25) is 0 Å². The zero-order chi connectivity index (χ0) is 17.7. The molecule has 0 saturated heterocycles. The molecule has 0 aliphatic carbocycles. The van der Waals surface area contributed by atoms with Gasteiger partial charge in [0.2, 0.25) is 5.91 Å². The Morgan fingerprint density at radius 1 is 1.46 bits per heavy atom. The van der Waals surface area contributed by atoms with E-state index in [1.807, 2.05) is 6.92 Å². The summed E-state index contributed by atoms with van der Waals surface area (Å²) in [6, 6.07) is 6.19. The lowest BCUT2D eigenvalue weighted by Gasteiger charge is -2.35. The largest absolute Gasteiger partial charge is 0.484 e. The third kappa shape index (κ3) is 5.00. The Balaban J connectivity index is 2.13. The van der Waals surface area contributed by atoms with E-state index >= 15 is 0 Å². The van der Waals surface area contributed by atoms with Crippen molar-refractivity contribution in [3.63, 3.8) is 0 Å². The van der Waals surface area contributed by atoms with Gasteiger partial charge < -0.3 is 15.0 Å². The molecule has 130 valence electrons. The number of ether oxygens (including phenoxy) is 1. The van der Waals surface area contributed by atoms with Crippen molar-refractivity contribution in [3.8, 4) is 5.75 Å². The van der Waals surface area contributed by atoms with Gasteiger partial charge in [-0.1, -0.05) is 12.1 Å². The van der Waals surface area contributed by atoms with E-state index in [1.54, 1.807) is 41.6 Å². The first kappa shape index (κ1) is 17.8. The van der Waals surface area contributed by atoms with E-state index in [-0.39, 0.29) is 17.7 Å². The third-order valence-electron chi connectivity index (χ3n) is 3.38. The summed E-state index contributed by atoms with van der Waals surface area (Å²) in [6.07, 6.45) is 0.109. The van der Waals surface area contributed by atoms with E-state index in [0.717, 1.165) is 5.56 Å². The number of allylic oxidation sites excluding steroid dienone is 1. The summed E-state index contributed by atoms with van der Waals surface area (Å²) < 4.78 is 41.6. The van der Waals surface area contributed by atoms with Crippen molar-refractivity contribution in [2.24, 2.45) is 4.99 Å². The Morgan fingerprint density at radius 2 is 2.21 bits per heavy atom. The molecule has 0 fully saturated rings. The van der Waals surface area contributed by atoms with Gasteiger partial charge in [0.1, 0.15) is 5.75 Å². The minimum absolute atomic E-state index is 0.136. The highest BCUT2D eigenvalue weighted by molar-refractivity contribution is 5.75.